The van der Waals surface area contributed by atoms with Gasteiger partial charge in [-0.15, -0.1) is 0 Å². The quantitative estimate of drug-likeness (QED) is 0.665. The molecule has 1 aliphatic rings. The Bertz CT molecular complexity index is 277. The minimum Gasteiger partial charge on any atom is -0.481 e. The summed E-state index contributed by atoms with van der Waals surface area (Å²) in [5.41, 5.74) is 0. The van der Waals surface area contributed by atoms with E-state index in [4.69, 9.17) is 9.84 Å². The Morgan fingerprint density at radius 2 is 1.94 bits per heavy atom. The van der Waals surface area contributed by atoms with E-state index < -0.39 is 5.97 Å². The lowest BCUT2D eigenvalue weighted by atomic mass is 10.3. The summed E-state index contributed by atoms with van der Waals surface area (Å²) in [6.07, 6.45) is 2.19. The zero-order chi connectivity index (χ0) is 13.4. The van der Waals surface area contributed by atoms with E-state index in [9.17, 15) is 9.59 Å². The second kappa shape index (κ2) is 8.05. The van der Waals surface area contributed by atoms with Gasteiger partial charge in [0.15, 0.2) is 0 Å². The molecule has 0 aliphatic carbocycles. The maximum atomic E-state index is 12.0. The van der Waals surface area contributed by atoms with Crippen molar-refractivity contribution in [1.29, 1.82) is 0 Å². The second-order valence-electron chi connectivity index (χ2n) is 4.50. The van der Waals surface area contributed by atoms with Crippen molar-refractivity contribution in [2.45, 2.75) is 19.3 Å². The smallest absolute Gasteiger partial charge is 0.304 e. The van der Waals surface area contributed by atoms with Crippen molar-refractivity contribution >= 4 is 11.9 Å². The number of carboxylic acid groups (broad SMARTS) is 1. The Hall–Kier alpha value is -1.14. The largest absolute Gasteiger partial charge is 0.481 e. The lowest BCUT2D eigenvalue weighted by Gasteiger charge is -2.23. The molecule has 1 heterocycles. The van der Waals surface area contributed by atoms with Crippen LogP contribution in [-0.4, -0.2) is 73.2 Å². The Morgan fingerprint density at radius 1 is 1.28 bits per heavy atom. The monoisotopic (exact) mass is 258 g/mol. The van der Waals surface area contributed by atoms with Crippen molar-refractivity contribution < 1.29 is 19.4 Å². The molecule has 1 N–H and O–H groups in total. The number of carbonyl (C=O) groups is 2. The number of carboxylic acids is 1. The lowest BCUT2D eigenvalue weighted by Crippen LogP contribution is -2.41. The van der Waals surface area contributed by atoms with Crippen LogP contribution in [0.25, 0.3) is 0 Å². The molecule has 0 bridgehead atoms. The summed E-state index contributed by atoms with van der Waals surface area (Å²) in [5.74, 6) is -0.750. The number of amides is 1. The first-order chi connectivity index (χ1) is 8.63. The molecule has 6 heteroatoms. The van der Waals surface area contributed by atoms with Gasteiger partial charge in [0.1, 0.15) is 0 Å². The van der Waals surface area contributed by atoms with Gasteiger partial charge in [0.05, 0.1) is 19.6 Å². The highest BCUT2D eigenvalue weighted by molar-refractivity contribution is 5.78. The Labute approximate surface area is 107 Å². The van der Waals surface area contributed by atoms with E-state index in [-0.39, 0.29) is 18.9 Å². The van der Waals surface area contributed by atoms with Crippen molar-refractivity contribution in [3.63, 3.8) is 0 Å². The number of carbonyl (C=O) groups excluding carboxylic acids is 1. The standard InChI is InChI=1S/C12H22N2O4/c1-18-9-8-13(7-4-12(16)17)10-11(15)14-5-2-3-6-14/h2-10H2,1H3,(H,16,17). The average Bonchev–Trinajstić information content (AvgIpc) is 2.86. The van der Waals surface area contributed by atoms with Gasteiger partial charge in [0.25, 0.3) is 0 Å². The van der Waals surface area contributed by atoms with Gasteiger partial charge >= 0.3 is 5.97 Å². The van der Waals surface area contributed by atoms with E-state index in [1.807, 2.05) is 9.80 Å². The number of methoxy groups -OCH3 is 1. The third-order valence-corrected chi connectivity index (χ3v) is 3.07. The summed E-state index contributed by atoms with van der Waals surface area (Å²) in [6, 6.07) is 0. The number of hydrogen-bond donors (Lipinski definition) is 1. The first-order valence-electron chi connectivity index (χ1n) is 6.34. The van der Waals surface area contributed by atoms with E-state index in [1.165, 1.54) is 0 Å². The van der Waals surface area contributed by atoms with E-state index in [1.54, 1.807) is 7.11 Å². The maximum absolute atomic E-state index is 12.0. The number of nitrogens with zero attached hydrogens (tertiary/aromatic N) is 2. The maximum Gasteiger partial charge on any atom is 0.304 e. The Kier molecular flexibility index (Phi) is 6.67. The van der Waals surface area contributed by atoms with Gasteiger partial charge in [-0.25, -0.2) is 0 Å². The van der Waals surface area contributed by atoms with E-state index in [2.05, 4.69) is 0 Å². The van der Waals surface area contributed by atoms with Crippen LogP contribution in [0.2, 0.25) is 0 Å². The molecule has 1 fully saturated rings. The molecule has 1 amide bonds. The van der Waals surface area contributed by atoms with Crippen LogP contribution in [0.3, 0.4) is 0 Å². The third-order valence-electron chi connectivity index (χ3n) is 3.07. The van der Waals surface area contributed by atoms with Crippen molar-refractivity contribution in [3.05, 3.63) is 0 Å². The zero-order valence-electron chi connectivity index (χ0n) is 10.9. The van der Waals surface area contributed by atoms with Gasteiger partial charge in [-0.1, -0.05) is 0 Å². The average molecular weight is 258 g/mol. The van der Waals surface area contributed by atoms with Crippen LogP contribution in [0.4, 0.5) is 0 Å². The molecule has 0 spiro atoms. The van der Waals surface area contributed by atoms with Crippen LogP contribution >= 0.6 is 0 Å². The van der Waals surface area contributed by atoms with Crippen molar-refractivity contribution in [3.8, 4) is 0 Å². The highest BCUT2D eigenvalue weighted by Crippen LogP contribution is 2.08. The molecule has 0 aromatic heterocycles. The molecule has 0 aromatic carbocycles. The normalized spacial score (nSPS) is 15.3. The van der Waals surface area contributed by atoms with Crippen LogP contribution < -0.4 is 0 Å². The van der Waals surface area contributed by atoms with Gasteiger partial charge in [-0.05, 0) is 12.8 Å². The van der Waals surface area contributed by atoms with E-state index in [0.717, 1.165) is 25.9 Å². The van der Waals surface area contributed by atoms with Crippen LogP contribution in [0.5, 0.6) is 0 Å². The number of ether oxygens (including phenoxy) is 1. The van der Waals surface area contributed by atoms with Crippen LogP contribution in [0.1, 0.15) is 19.3 Å². The van der Waals surface area contributed by atoms with Gasteiger partial charge in [-0.3, -0.25) is 14.5 Å². The minimum absolute atomic E-state index is 0.0526. The zero-order valence-corrected chi connectivity index (χ0v) is 10.9. The number of likely N-dealkylation sites (tertiary alicyclic amines) is 1. The molecule has 0 radical (unpaired) electrons. The molecule has 18 heavy (non-hydrogen) atoms. The summed E-state index contributed by atoms with van der Waals surface area (Å²) in [7, 11) is 1.59. The molecule has 0 saturated carbocycles. The third kappa shape index (κ3) is 5.46. The fourth-order valence-electron chi connectivity index (χ4n) is 2.00. The fourth-order valence-corrected chi connectivity index (χ4v) is 2.00. The Balaban J connectivity index is 2.37. The first kappa shape index (κ1) is 14.9. The molecular formula is C12H22N2O4. The summed E-state index contributed by atoms with van der Waals surface area (Å²) >= 11 is 0. The number of rotatable bonds is 8. The molecule has 104 valence electrons. The van der Waals surface area contributed by atoms with E-state index >= 15 is 0 Å². The van der Waals surface area contributed by atoms with Gasteiger partial charge < -0.3 is 14.7 Å². The summed E-state index contributed by atoms with van der Waals surface area (Å²) < 4.78 is 4.97. The first-order valence-corrected chi connectivity index (χ1v) is 6.34. The molecule has 1 saturated heterocycles. The predicted molar refractivity (Wildman–Crippen MR) is 66.4 cm³/mol. The highest BCUT2D eigenvalue weighted by atomic mass is 16.5. The summed E-state index contributed by atoms with van der Waals surface area (Å²) in [6.45, 7) is 3.43. The summed E-state index contributed by atoms with van der Waals surface area (Å²) in [5, 5.41) is 8.68. The van der Waals surface area contributed by atoms with Crippen molar-refractivity contribution in [2.24, 2.45) is 0 Å². The molecule has 0 unspecified atom stereocenters. The number of hydrogen-bond acceptors (Lipinski definition) is 4. The van der Waals surface area contributed by atoms with Gasteiger partial charge in [0.2, 0.25) is 5.91 Å². The SMILES string of the molecule is COCCN(CCC(=O)O)CC(=O)N1CCCC1. The van der Waals surface area contributed by atoms with Crippen LogP contribution in [0, 0.1) is 0 Å². The molecule has 1 rings (SSSR count). The van der Waals surface area contributed by atoms with Crippen LogP contribution in [-0.2, 0) is 14.3 Å². The lowest BCUT2D eigenvalue weighted by molar-refractivity contribution is -0.138. The van der Waals surface area contributed by atoms with Crippen LogP contribution in [0.15, 0.2) is 0 Å². The molecule has 0 atom stereocenters. The Morgan fingerprint density at radius 3 is 2.50 bits per heavy atom. The molecule has 6 nitrogen and oxygen atoms in total. The topological polar surface area (TPSA) is 70.1 Å². The highest BCUT2D eigenvalue weighted by Gasteiger charge is 2.20. The van der Waals surface area contributed by atoms with Crippen molar-refractivity contribution in [1.82, 2.24) is 9.80 Å². The van der Waals surface area contributed by atoms with Gasteiger partial charge in [0, 0.05) is 33.3 Å². The van der Waals surface area contributed by atoms with Gasteiger partial charge in [-0.2, -0.15) is 0 Å². The molecule has 0 aromatic rings. The summed E-state index contributed by atoms with van der Waals surface area (Å²) in [4.78, 5) is 26.2. The number of aliphatic carboxylic acids is 1. The molecular weight excluding hydrogens is 236 g/mol. The fraction of sp³-hybridized carbons (Fsp3) is 0.833. The molecule has 1 aliphatic heterocycles. The van der Waals surface area contributed by atoms with E-state index in [0.29, 0.717) is 19.7 Å². The van der Waals surface area contributed by atoms with Crippen molar-refractivity contribution in [2.75, 3.05) is 46.4 Å². The second-order valence-corrected chi connectivity index (χ2v) is 4.50. The predicted octanol–water partition coefficient (Wildman–Crippen LogP) is 0.0319. The minimum atomic E-state index is -0.842.